The molecule has 68 valence electrons. The number of hydrogen-bond donors (Lipinski definition) is 1. The summed E-state index contributed by atoms with van der Waals surface area (Å²) in [6, 6.07) is -0.578. The van der Waals surface area contributed by atoms with E-state index in [9.17, 15) is 14.9 Å². The van der Waals surface area contributed by atoms with E-state index in [1.54, 1.807) is 0 Å². The fourth-order valence-corrected chi connectivity index (χ4v) is 1.57. The summed E-state index contributed by atoms with van der Waals surface area (Å²) in [5.41, 5.74) is 0. The number of Topliss-reactive ketones (excluding diaryl/α,β-unsaturated/α-hetero) is 1. The van der Waals surface area contributed by atoms with Crippen LogP contribution in [0, 0.1) is 16.0 Å². The van der Waals surface area contributed by atoms with Crippen molar-refractivity contribution in [2.24, 2.45) is 5.92 Å². The van der Waals surface area contributed by atoms with Crippen LogP contribution in [0.25, 0.3) is 0 Å². The fraction of sp³-hybridized carbons (Fsp3) is 0.857. The molecule has 12 heavy (non-hydrogen) atoms. The van der Waals surface area contributed by atoms with E-state index in [-0.39, 0.29) is 16.6 Å². The van der Waals surface area contributed by atoms with E-state index in [2.05, 4.69) is 0 Å². The lowest BCUT2D eigenvalue weighted by atomic mass is 10.0. The summed E-state index contributed by atoms with van der Waals surface area (Å²) in [6.07, 6.45) is 1.31. The van der Waals surface area contributed by atoms with E-state index in [1.165, 1.54) is 0 Å². The number of carbonyl (C=O) groups is 1. The molecule has 1 aliphatic rings. The van der Waals surface area contributed by atoms with E-state index in [0.717, 1.165) is 0 Å². The summed E-state index contributed by atoms with van der Waals surface area (Å²) in [5.74, 6) is -0.551. The van der Waals surface area contributed by atoms with Gasteiger partial charge in [0.2, 0.25) is 6.04 Å². The van der Waals surface area contributed by atoms with Gasteiger partial charge in [0.1, 0.15) is 6.61 Å². The van der Waals surface area contributed by atoms with Gasteiger partial charge in [-0.15, -0.1) is 0 Å². The van der Waals surface area contributed by atoms with Crippen molar-refractivity contribution in [1.82, 2.24) is 0 Å². The number of ketones is 1. The Morgan fingerprint density at radius 3 is 2.67 bits per heavy atom. The second-order valence-corrected chi connectivity index (χ2v) is 3.07. The maximum atomic E-state index is 10.9. The highest BCUT2D eigenvalue weighted by Gasteiger charge is 2.35. The molecule has 0 spiro atoms. The zero-order valence-corrected chi connectivity index (χ0v) is 6.60. The second-order valence-electron chi connectivity index (χ2n) is 3.07. The Bertz CT molecular complexity index is 204. The highest BCUT2D eigenvalue weighted by atomic mass is 16.6. The van der Waals surface area contributed by atoms with Crippen molar-refractivity contribution in [1.29, 1.82) is 0 Å². The molecule has 1 fully saturated rings. The van der Waals surface area contributed by atoms with Crippen molar-refractivity contribution in [3.8, 4) is 0 Å². The van der Waals surface area contributed by atoms with Crippen LogP contribution in [-0.4, -0.2) is 28.5 Å². The van der Waals surface area contributed by atoms with Crippen LogP contribution in [-0.2, 0) is 4.79 Å². The van der Waals surface area contributed by atoms with Gasteiger partial charge in [-0.25, -0.2) is 0 Å². The van der Waals surface area contributed by atoms with E-state index >= 15 is 0 Å². The van der Waals surface area contributed by atoms with Crippen molar-refractivity contribution >= 4 is 5.78 Å². The largest absolute Gasteiger partial charge is 0.389 e. The molecule has 0 amide bonds. The molecule has 5 nitrogen and oxygen atoms in total. The van der Waals surface area contributed by atoms with Crippen LogP contribution in [0.1, 0.15) is 19.3 Å². The molecule has 0 aliphatic heterocycles. The lowest BCUT2D eigenvalue weighted by molar-refractivity contribution is -0.520. The van der Waals surface area contributed by atoms with Crippen molar-refractivity contribution in [3.63, 3.8) is 0 Å². The molecule has 0 aromatic carbocycles. The Hall–Kier alpha value is -0.970. The molecule has 1 aliphatic carbocycles. The van der Waals surface area contributed by atoms with E-state index < -0.39 is 12.6 Å². The van der Waals surface area contributed by atoms with Gasteiger partial charge in [-0.1, -0.05) is 0 Å². The van der Waals surface area contributed by atoms with Crippen LogP contribution >= 0.6 is 0 Å². The van der Waals surface area contributed by atoms with Crippen LogP contribution in [0.15, 0.2) is 0 Å². The summed E-state index contributed by atoms with van der Waals surface area (Å²) in [6.45, 7) is -0.491. The Morgan fingerprint density at radius 1 is 1.58 bits per heavy atom. The molecule has 1 N–H and O–H groups in total. The van der Waals surface area contributed by atoms with Crippen LogP contribution < -0.4 is 0 Å². The van der Waals surface area contributed by atoms with Crippen molar-refractivity contribution in [2.75, 3.05) is 6.61 Å². The third kappa shape index (κ3) is 1.79. The van der Waals surface area contributed by atoms with Crippen molar-refractivity contribution in [3.05, 3.63) is 10.1 Å². The predicted octanol–water partition coefficient (Wildman–Crippen LogP) is -0.00680. The summed E-state index contributed by atoms with van der Waals surface area (Å²) >= 11 is 0. The summed E-state index contributed by atoms with van der Waals surface area (Å²) < 4.78 is 0. The number of carbonyl (C=O) groups excluding carboxylic acids is 1. The highest BCUT2D eigenvalue weighted by Crippen LogP contribution is 2.27. The standard InChI is InChI=1S/C7H11NO4/c9-4-7(10)5-1-2-6(3-5)8(11)12/h5-6,9H,1-4H2. The molecule has 2 unspecified atom stereocenters. The van der Waals surface area contributed by atoms with E-state index in [4.69, 9.17) is 5.11 Å². The first-order valence-corrected chi connectivity index (χ1v) is 3.92. The molecule has 1 saturated carbocycles. The second kappa shape index (κ2) is 3.62. The van der Waals surface area contributed by atoms with Crippen LogP contribution in [0.2, 0.25) is 0 Å². The fourth-order valence-electron chi connectivity index (χ4n) is 1.57. The predicted molar refractivity (Wildman–Crippen MR) is 40.2 cm³/mol. The minimum atomic E-state index is -0.578. The first-order valence-electron chi connectivity index (χ1n) is 3.92. The summed E-state index contributed by atoms with van der Waals surface area (Å²) in [7, 11) is 0. The van der Waals surface area contributed by atoms with Gasteiger partial charge < -0.3 is 5.11 Å². The monoisotopic (exact) mass is 173 g/mol. The average molecular weight is 173 g/mol. The number of rotatable bonds is 3. The smallest absolute Gasteiger partial charge is 0.213 e. The number of nitro groups is 1. The van der Waals surface area contributed by atoms with E-state index in [1.807, 2.05) is 0 Å². The van der Waals surface area contributed by atoms with Gasteiger partial charge in [-0.2, -0.15) is 0 Å². The number of aliphatic hydroxyl groups excluding tert-OH is 1. The minimum Gasteiger partial charge on any atom is -0.389 e. The Labute approximate surface area is 69.5 Å². The maximum Gasteiger partial charge on any atom is 0.213 e. The number of aliphatic hydroxyl groups is 1. The highest BCUT2D eigenvalue weighted by molar-refractivity contribution is 5.82. The number of hydrogen-bond acceptors (Lipinski definition) is 4. The Kier molecular flexibility index (Phi) is 2.75. The lowest BCUT2D eigenvalue weighted by Gasteiger charge is -2.03. The first kappa shape index (κ1) is 9.12. The molecule has 0 heterocycles. The molecule has 1 rings (SSSR count). The zero-order valence-electron chi connectivity index (χ0n) is 6.60. The summed E-state index contributed by atoms with van der Waals surface area (Å²) in [5, 5.41) is 18.8. The SMILES string of the molecule is O=C(CO)C1CCC([N+](=O)[O-])C1. The quantitative estimate of drug-likeness (QED) is 0.481. The minimum absolute atomic E-state index is 0.264. The topological polar surface area (TPSA) is 80.4 Å². The van der Waals surface area contributed by atoms with Gasteiger partial charge in [0.05, 0.1) is 0 Å². The Balaban J connectivity index is 2.45. The third-order valence-corrected chi connectivity index (χ3v) is 2.31. The molecule has 5 heteroatoms. The van der Waals surface area contributed by atoms with Crippen LogP contribution in [0.4, 0.5) is 0 Å². The molecule has 0 aromatic rings. The van der Waals surface area contributed by atoms with E-state index in [0.29, 0.717) is 19.3 Å². The molecular formula is C7H11NO4. The summed E-state index contributed by atoms with van der Waals surface area (Å²) in [4.78, 5) is 20.9. The normalized spacial score (nSPS) is 28.8. The molecule has 2 atom stereocenters. The van der Waals surface area contributed by atoms with Gasteiger partial charge in [0.25, 0.3) is 0 Å². The van der Waals surface area contributed by atoms with Crippen LogP contribution in [0.5, 0.6) is 0 Å². The maximum absolute atomic E-state index is 10.9. The van der Waals surface area contributed by atoms with Crippen molar-refractivity contribution < 1.29 is 14.8 Å². The van der Waals surface area contributed by atoms with Gasteiger partial charge in [-0.3, -0.25) is 14.9 Å². The molecular weight excluding hydrogens is 162 g/mol. The number of nitrogens with zero attached hydrogens (tertiary/aromatic N) is 1. The Morgan fingerprint density at radius 2 is 2.25 bits per heavy atom. The average Bonchev–Trinajstić information content (AvgIpc) is 2.51. The van der Waals surface area contributed by atoms with Crippen molar-refractivity contribution in [2.45, 2.75) is 25.3 Å². The van der Waals surface area contributed by atoms with Gasteiger partial charge in [0, 0.05) is 23.7 Å². The van der Waals surface area contributed by atoms with Gasteiger partial charge in [-0.05, 0) is 6.42 Å². The van der Waals surface area contributed by atoms with Gasteiger partial charge in [0.15, 0.2) is 5.78 Å². The zero-order chi connectivity index (χ0) is 9.14. The van der Waals surface area contributed by atoms with Gasteiger partial charge >= 0.3 is 0 Å². The first-order chi connectivity index (χ1) is 5.65. The molecule has 0 bridgehead atoms. The lowest BCUT2D eigenvalue weighted by Crippen LogP contribution is -2.19. The molecule has 0 saturated heterocycles. The van der Waals surface area contributed by atoms with Crippen LogP contribution in [0.3, 0.4) is 0 Å². The third-order valence-electron chi connectivity index (χ3n) is 2.31. The molecule has 0 aromatic heterocycles. The molecule has 0 radical (unpaired) electrons.